The Balaban J connectivity index is 1.63. The van der Waals surface area contributed by atoms with Crippen LogP contribution in [0.4, 0.5) is 0 Å². The molecule has 0 aromatic heterocycles. The Morgan fingerprint density at radius 3 is 2.06 bits per heavy atom. The number of fused-ring (bicyclic) bond motifs is 2. The van der Waals surface area contributed by atoms with Gasteiger partial charge in [0.05, 0.1) is 12.2 Å². The normalized spacial score (nSPS) is 47.2. The topological polar surface area (TPSA) is 57.5 Å². The molecule has 4 aliphatic carbocycles. The summed E-state index contributed by atoms with van der Waals surface area (Å²) in [5.74, 6) is 2.40. The lowest BCUT2D eigenvalue weighted by Gasteiger charge is -2.61. The van der Waals surface area contributed by atoms with Gasteiger partial charge in [0.15, 0.2) is 5.78 Å². The molecule has 8 atom stereocenters. The predicted octanol–water partition coefficient (Wildman–Crippen LogP) is 6.71. The summed E-state index contributed by atoms with van der Waals surface area (Å²) in [6.07, 6.45) is 8.55. The number of carbonyl (C=O) groups excluding carboxylic acids is 1. The Bertz CT molecular complexity index is 822. The van der Waals surface area contributed by atoms with E-state index in [0.29, 0.717) is 30.0 Å². The molecule has 3 nitrogen and oxygen atoms in total. The quantitative estimate of drug-likeness (QED) is 0.494. The number of hydrogen-bond acceptors (Lipinski definition) is 3. The van der Waals surface area contributed by atoms with Gasteiger partial charge in [-0.2, -0.15) is 0 Å². The second kappa shape index (κ2) is 8.19. The summed E-state index contributed by atoms with van der Waals surface area (Å²) in [7, 11) is 0. The molecule has 0 aromatic rings. The molecular weight excluding hydrogens is 408 g/mol. The number of aliphatic hydroxyl groups is 2. The Labute approximate surface area is 202 Å². The Morgan fingerprint density at radius 1 is 0.848 bits per heavy atom. The summed E-state index contributed by atoms with van der Waals surface area (Å²) < 4.78 is 0. The average molecular weight is 459 g/mol. The molecule has 0 aliphatic heterocycles. The maximum Gasteiger partial charge on any atom is 0.158 e. The van der Waals surface area contributed by atoms with E-state index in [9.17, 15) is 15.0 Å². The summed E-state index contributed by atoms with van der Waals surface area (Å²) in [6, 6.07) is 0. The van der Waals surface area contributed by atoms with Crippen molar-refractivity contribution in [3.63, 3.8) is 0 Å². The van der Waals surface area contributed by atoms with Crippen LogP contribution in [0.5, 0.6) is 0 Å². The van der Waals surface area contributed by atoms with E-state index in [1.165, 1.54) is 18.4 Å². The minimum absolute atomic E-state index is 0.0148. The molecule has 33 heavy (non-hydrogen) atoms. The third-order valence-corrected chi connectivity index (χ3v) is 12.1. The van der Waals surface area contributed by atoms with Gasteiger partial charge in [-0.3, -0.25) is 4.79 Å². The highest BCUT2D eigenvalue weighted by atomic mass is 16.3. The molecule has 0 amide bonds. The van der Waals surface area contributed by atoms with Gasteiger partial charge in [0.25, 0.3) is 0 Å². The molecule has 3 saturated carbocycles. The van der Waals surface area contributed by atoms with E-state index in [1.807, 2.05) is 0 Å². The fraction of sp³-hybridized carbons (Fsp3) is 0.900. The van der Waals surface area contributed by atoms with Crippen molar-refractivity contribution < 1.29 is 15.0 Å². The first-order valence-corrected chi connectivity index (χ1v) is 13.8. The molecule has 4 rings (SSSR count). The van der Waals surface area contributed by atoms with Crippen LogP contribution in [0.15, 0.2) is 11.1 Å². The average Bonchev–Trinajstić information content (AvgIpc) is 2.72. The molecule has 3 fully saturated rings. The standard InChI is InChI=1S/C30H50O3/c1-18-9-12-23-27(3,4)25(32)13-15-29(23,7)20(18)10-11-21-19(2)22(31)17-24-28(5,6)26(33)14-16-30(21,24)8/h18,20,23-26,32-33H,9-17H2,1-8H3. The van der Waals surface area contributed by atoms with E-state index < -0.39 is 0 Å². The molecule has 4 aliphatic rings. The monoisotopic (exact) mass is 458 g/mol. The lowest BCUT2D eigenvalue weighted by molar-refractivity contribution is -0.150. The summed E-state index contributed by atoms with van der Waals surface area (Å²) >= 11 is 0. The van der Waals surface area contributed by atoms with Gasteiger partial charge in [0, 0.05) is 6.42 Å². The van der Waals surface area contributed by atoms with E-state index in [1.54, 1.807) is 0 Å². The van der Waals surface area contributed by atoms with Gasteiger partial charge in [0.1, 0.15) is 0 Å². The molecule has 3 heteroatoms. The summed E-state index contributed by atoms with van der Waals surface area (Å²) in [5.41, 5.74) is 2.44. The van der Waals surface area contributed by atoms with Crippen LogP contribution in [0.3, 0.4) is 0 Å². The Hall–Kier alpha value is -0.670. The molecule has 0 aromatic carbocycles. The van der Waals surface area contributed by atoms with Crippen LogP contribution in [0.1, 0.15) is 113 Å². The highest BCUT2D eigenvalue weighted by Gasteiger charge is 2.58. The minimum atomic E-state index is -0.322. The van der Waals surface area contributed by atoms with Gasteiger partial charge in [-0.25, -0.2) is 0 Å². The first-order valence-electron chi connectivity index (χ1n) is 13.8. The van der Waals surface area contributed by atoms with Crippen LogP contribution in [0, 0.1) is 45.3 Å². The van der Waals surface area contributed by atoms with Gasteiger partial charge in [0.2, 0.25) is 0 Å². The first-order chi connectivity index (χ1) is 15.2. The van der Waals surface area contributed by atoms with E-state index in [2.05, 4.69) is 55.4 Å². The van der Waals surface area contributed by atoms with Gasteiger partial charge >= 0.3 is 0 Å². The lowest BCUT2D eigenvalue weighted by Crippen LogP contribution is -2.56. The third kappa shape index (κ3) is 3.70. The number of ketones is 1. The summed E-state index contributed by atoms with van der Waals surface area (Å²) in [5, 5.41) is 21.6. The van der Waals surface area contributed by atoms with Crippen LogP contribution in [-0.4, -0.2) is 28.2 Å². The molecule has 2 N–H and O–H groups in total. The largest absolute Gasteiger partial charge is 0.393 e. The summed E-state index contributed by atoms with van der Waals surface area (Å²) in [6.45, 7) is 18.4. The van der Waals surface area contributed by atoms with Crippen LogP contribution in [0.25, 0.3) is 0 Å². The molecular formula is C30H50O3. The van der Waals surface area contributed by atoms with Gasteiger partial charge in [-0.15, -0.1) is 0 Å². The smallest absolute Gasteiger partial charge is 0.158 e. The van der Waals surface area contributed by atoms with E-state index in [4.69, 9.17) is 0 Å². The van der Waals surface area contributed by atoms with Crippen LogP contribution in [0.2, 0.25) is 0 Å². The maximum atomic E-state index is 13.2. The maximum absolute atomic E-state index is 13.2. The summed E-state index contributed by atoms with van der Waals surface area (Å²) in [4.78, 5) is 13.2. The fourth-order valence-corrected chi connectivity index (χ4v) is 9.71. The van der Waals surface area contributed by atoms with Crippen molar-refractivity contribution in [2.75, 3.05) is 0 Å². The van der Waals surface area contributed by atoms with Gasteiger partial charge < -0.3 is 10.2 Å². The highest BCUT2D eigenvalue weighted by molar-refractivity contribution is 5.97. The molecule has 0 bridgehead atoms. The molecule has 0 radical (unpaired) electrons. The highest BCUT2D eigenvalue weighted by Crippen LogP contribution is 2.64. The zero-order valence-electron chi connectivity index (χ0n) is 22.6. The van der Waals surface area contributed by atoms with E-state index in [0.717, 1.165) is 44.1 Å². The van der Waals surface area contributed by atoms with Crippen molar-refractivity contribution in [1.29, 1.82) is 0 Å². The Morgan fingerprint density at radius 2 is 1.42 bits per heavy atom. The third-order valence-electron chi connectivity index (χ3n) is 12.1. The predicted molar refractivity (Wildman–Crippen MR) is 135 cm³/mol. The number of carbonyl (C=O) groups is 1. The number of rotatable bonds is 3. The van der Waals surface area contributed by atoms with Crippen LogP contribution >= 0.6 is 0 Å². The van der Waals surface area contributed by atoms with Gasteiger partial charge in [-0.1, -0.05) is 60.5 Å². The molecule has 0 saturated heterocycles. The zero-order chi connectivity index (χ0) is 24.6. The molecule has 188 valence electrons. The van der Waals surface area contributed by atoms with Crippen molar-refractivity contribution in [2.45, 2.75) is 125 Å². The van der Waals surface area contributed by atoms with Gasteiger partial charge in [-0.05, 0) is 103 Å². The SMILES string of the molecule is CC1=C(CCC2C(C)CCC3C(C)(C)C(O)CCC23C)C2(C)CCC(O)C(C)(C)C2CC1=O. The van der Waals surface area contributed by atoms with E-state index >= 15 is 0 Å². The molecule has 0 heterocycles. The molecule has 0 spiro atoms. The molecule has 8 unspecified atom stereocenters. The van der Waals surface area contributed by atoms with Crippen molar-refractivity contribution in [2.24, 2.45) is 45.3 Å². The van der Waals surface area contributed by atoms with Crippen LogP contribution in [-0.2, 0) is 4.79 Å². The number of allylic oxidation sites excluding steroid dienone is 2. The Kier molecular flexibility index (Phi) is 6.31. The van der Waals surface area contributed by atoms with Crippen LogP contribution < -0.4 is 0 Å². The number of aliphatic hydroxyl groups excluding tert-OH is 2. The zero-order valence-corrected chi connectivity index (χ0v) is 22.6. The van der Waals surface area contributed by atoms with Crippen molar-refractivity contribution >= 4 is 5.78 Å². The minimum Gasteiger partial charge on any atom is -0.393 e. The van der Waals surface area contributed by atoms with Crippen molar-refractivity contribution in [3.8, 4) is 0 Å². The first kappa shape index (κ1) is 25.4. The number of hydrogen-bond donors (Lipinski definition) is 2. The van der Waals surface area contributed by atoms with Crippen molar-refractivity contribution in [3.05, 3.63) is 11.1 Å². The van der Waals surface area contributed by atoms with E-state index in [-0.39, 0.29) is 39.8 Å². The second-order valence-electron chi connectivity index (χ2n) is 14.2. The van der Waals surface area contributed by atoms with Crippen molar-refractivity contribution in [1.82, 2.24) is 0 Å². The number of Topliss-reactive ketones (excluding diaryl/α,β-unsaturated/α-hetero) is 1. The lowest BCUT2D eigenvalue weighted by atomic mass is 9.45. The fourth-order valence-electron chi connectivity index (χ4n) is 9.71. The second-order valence-corrected chi connectivity index (χ2v) is 14.2.